The maximum Gasteiger partial charge on any atom is 0.235 e. The highest BCUT2D eigenvalue weighted by Gasteiger charge is 2.19. The fourth-order valence-corrected chi connectivity index (χ4v) is 3.32. The predicted molar refractivity (Wildman–Crippen MR) is 121 cm³/mol. The normalized spacial score (nSPS) is 11.6. The molecule has 0 radical (unpaired) electrons. The van der Waals surface area contributed by atoms with Gasteiger partial charge in [-0.25, -0.2) is 0 Å². The van der Waals surface area contributed by atoms with Gasteiger partial charge < -0.3 is 24.8 Å². The molecule has 2 aromatic carbocycles. The molecule has 162 valence electrons. The van der Waals surface area contributed by atoms with E-state index in [1.54, 1.807) is 0 Å². The molecule has 0 unspecified atom stereocenters. The quantitative estimate of drug-likeness (QED) is 0.308. The van der Waals surface area contributed by atoms with Gasteiger partial charge in [0.2, 0.25) is 11.2 Å². The van der Waals surface area contributed by atoms with Crippen LogP contribution in [0.2, 0.25) is 0 Å². The van der Waals surface area contributed by atoms with E-state index < -0.39 is 16.9 Å². The molecule has 0 aliphatic carbocycles. The number of hydrogen-bond donors (Lipinski definition) is 4. The topological polar surface area (TPSA) is 111 Å². The molecule has 3 aromatic rings. The minimum absolute atomic E-state index is 0.0193. The smallest absolute Gasteiger partial charge is 0.235 e. The van der Waals surface area contributed by atoms with Gasteiger partial charge in [0.05, 0.1) is 5.39 Å². The van der Waals surface area contributed by atoms with Crippen molar-refractivity contribution in [3.63, 3.8) is 0 Å². The standard InChI is InChI=1S/C25H26O6/c1-14(2)5-4-6-15(3)7-9-17-19(26)12-10-18-22(29)23(30)24(31-25(17)18)16-8-11-20(27)21(28)13-16/h5,7-8,10-13,26-28,30H,4,6,9H2,1-3H3/b15-7+. The van der Waals surface area contributed by atoms with E-state index in [0.717, 1.165) is 18.4 Å². The Kier molecular flexibility index (Phi) is 6.39. The Morgan fingerprint density at radius 3 is 2.32 bits per heavy atom. The van der Waals surface area contributed by atoms with E-state index in [2.05, 4.69) is 19.9 Å². The third kappa shape index (κ3) is 4.74. The number of aromatic hydroxyl groups is 4. The summed E-state index contributed by atoms with van der Waals surface area (Å²) < 4.78 is 5.87. The summed E-state index contributed by atoms with van der Waals surface area (Å²) in [6.45, 7) is 6.11. The van der Waals surface area contributed by atoms with Crippen LogP contribution in [0.5, 0.6) is 23.0 Å². The summed E-state index contributed by atoms with van der Waals surface area (Å²) in [6.07, 6.45) is 6.28. The monoisotopic (exact) mass is 422 g/mol. The van der Waals surface area contributed by atoms with Gasteiger partial charge in [0.1, 0.15) is 11.3 Å². The summed E-state index contributed by atoms with van der Waals surface area (Å²) in [7, 11) is 0. The van der Waals surface area contributed by atoms with Gasteiger partial charge in [0.25, 0.3) is 0 Å². The van der Waals surface area contributed by atoms with E-state index >= 15 is 0 Å². The first kappa shape index (κ1) is 22.0. The van der Waals surface area contributed by atoms with Gasteiger partial charge in [-0.1, -0.05) is 23.3 Å². The summed E-state index contributed by atoms with van der Waals surface area (Å²) in [5.41, 5.74) is 2.57. The molecule has 0 bridgehead atoms. The number of rotatable bonds is 6. The molecule has 31 heavy (non-hydrogen) atoms. The van der Waals surface area contributed by atoms with E-state index in [9.17, 15) is 25.2 Å². The largest absolute Gasteiger partial charge is 0.508 e. The molecule has 0 fully saturated rings. The zero-order valence-corrected chi connectivity index (χ0v) is 17.8. The van der Waals surface area contributed by atoms with Crippen LogP contribution >= 0.6 is 0 Å². The second-order valence-electron chi connectivity index (χ2n) is 7.83. The molecule has 4 N–H and O–H groups in total. The zero-order chi connectivity index (χ0) is 22.7. The lowest BCUT2D eigenvalue weighted by molar-refractivity contribution is 0.403. The molecule has 1 aromatic heterocycles. The number of fused-ring (bicyclic) bond motifs is 1. The summed E-state index contributed by atoms with van der Waals surface area (Å²) in [6, 6.07) is 6.65. The predicted octanol–water partition coefficient (Wildman–Crippen LogP) is 5.52. The molecule has 6 nitrogen and oxygen atoms in total. The second-order valence-corrected chi connectivity index (χ2v) is 7.83. The minimum Gasteiger partial charge on any atom is -0.508 e. The SMILES string of the molecule is CC(C)=CCC/C(C)=C/Cc1c(O)ccc2c(=O)c(O)c(-c3ccc(O)c(O)c3)oc12. The number of phenolic OH excluding ortho intramolecular Hbond substituents is 3. The van der Waals surface area contributed by atoms with Crippen molar-refractivity contribution in [1.29, 1.82) is 0 Å². The highest BCUT2D eigenvalue weighted by molar-refractivity contribution is 5.86. The molecule has 0 saturated carbocycles. The lowest BCUT2D eigenvalue weighted by atomic mass is 10.0. The van der Waals surface area contributed by atoms with Crippen molar-refractivity contribution < 1.29 is 24.8 Å². The van der Waals surface area contributed by atoms with Crippen LogP contribution in [0.25, 0.3) is 22.3 Å². The maximum atomic E-state index is 12.8. The first-order valence-electron chi connectivity index (χ1n) is 10.0. The van der Waals surface area contributed by atoms with Crippen molar-refractivity contribution in [2.45, 2.75) is 40.0 Å². The first-order valence-corrected chi connectivity index (χ1v) is 10.0. The second kappa shape index (κ2) is 9.00. The van der Waals surface area contributed by atoms with Crippen LogP contribution in [-0.4, -0.2) is 20.4 Å². The van der Waals surface area contributed by atoms with Crippen LogP contribution < -0.4 is 5.43 Å². The van der Waals surface area contributed by atoms with Crippen molar-refractivity contribution >= 4 is 11.0 Å². The molecular formula is C25H26O6. The van der Waals surface area contributed by atoms with Crippen molar-refractivity contribution in [1.82, 2.24) is 0 Å². The van der Waals surface area contributed by atoms with E-state index in [4.69, 9.17) is 4.42 Å². The fourth-order valence-electron chi connectivity index (χ4n) is 3.32. The lowest BCUT2D eigenvalue weighted by Gasteiger charge is -2.11. The molecule has 0 saturated heterocycles. The number of allylic oxidation sites excluding steroid dienone is 4. The third-order valence-corrected chi connectivity index (χ3v) is 5.10. The Hall–Kier alpha value is -3.67. The van der Waals surface area contributed by atoms with Gasteiger partial charge in [0.15, 0.2) is 17.3 Å². The van der Waals surface area contributed by atoms with E-state index in [1.165, 1.54) is 35.9 Å². The maximum absolute atomic E-state index is 12.8. The van der Waals surface area contributed by atoms with Crippen molar-refractivity contribution in [3.8, 4) is 34.3 Å². The molecule has 0 atom stereocenters. The fraction of sp³-hybridized carbons (Fsp3) is 0.240. The van der Waals surface area contributed by atoms with Crippen LogP contribution in [0.15, 0.2) is 62.8 Å². The summed E-state index contributed by atoms with van der Waals surface area (Å²) in [5, 5.41) is 40.3. The van der Waals surface area contributed by atoms with Crippen LogP contribution in [0.1, 0.15) is 39.2 Å². The minimum atomic E-state index is -0.644. The number of hydrogen-bond acceptors (Lipinski definition) is 6. The van der Waals surface area contributed by atoms with Gasteiger partial charge in [-0.05, 0) is 70.4 Å². The molecule has 3 rings (SSSR count). The third-order valence-electron chi connectivity index (χ3n) is 5.10. The highest BCUT2D eigenvalue weighted by atomic mass is 16.4. The Morgan fingerprint density at radius 1 is 0.935 bits per heavy atom. The van der Waals surface area contributed by atoms with Crippen LogP contribution in [-0.2, 0) is 6.42 Å². The van der Waals surface area contributed by atoms with Gasteiger partial charge in [-0.3, -0.25) is 4.79 Å². The molecule has 0 aliphatic rings. The zero-order valence-electron chi connectivity index (χ0n) is 17.8. The summed E-state index contributed by atoms with van der Waals surface area (Å²) in [4.78, 5) is 12.8. The Morgan fingerprint density at radius 2 is 1.65 bits per heavy atom. The number of benzene rings is 2. The van der Waals surface area contributed by atoms with E-state index in [1.807, 2.05) is 13.0 Å². The van der Waals surface area contributed by atoms with Crippen LogP contribution in [0, 0.1) is 0 Å². The van der Waals surface area contributed by atoms with E-state index in [-0.39, 0.29) is 33.8 Å². The average Bonchev–Trinajstić information content (AvgIpc) is 2.71. The highest BCUT2D eigenvalue weighted by Crippen LogP contribution is 2.37. The molecule has 0 amide bonds. The van der Waals surface area contributed by atoms with Crippen molar-refractivity contribution in [2.24, 2.45) is 0 Å². The van der Waals surface area contributed by atoms with Gasteiger partial charge in [0, 0.05) is 11.1 Å². The van der Waals surface area contributed by atoms with E-state index in [0.29, 0.717) is 12.0 Å². The van der Waals surface area contributed by atoms with Crippen LogP contribution in [0.4, 0.5) is 0 Å². The molecule has 0 aliphatic heterocycles. The summed E-state index contributed by atoms with van der Waals surface area (Å²) >= 11 is 0. The van der Waals surface area contributed by atoms with Gasteiger partial charge in [-0.2, -0.15) is 0 Å². The van der Waals surface area contributed by atoms with Gasteiger partial charge >= 0.3 is 0 Å². The Bertz CT molecular complexity index is 1240. The molecule has 6 heteroatoms. The first-order chi connectivity index (χ1) is 14.7. The lowest BCUT2D eigenvalue weighted by Crippen LogP contribution is -2.04. The molecule has 0 spiro atoms. The Balaban J connectivity index is 2.09. The molecular weight excluding hydrogens is 396 g/mol. The average molecular weight is 422 g/mol. The summed E-state index contributed by atoms with van der Waals surface area (Å²) in [5.74, 6) is -1.52. The number of phenols is 3. The van der Waals surface area contributed by atoms with Crippen LogP contribution in [0.3, 0.4) is 0 Å². The molecule has 1 heterocycles. The van der Waals surface area contributed by atoms with Crippen molar-refractivity contribution in [3.05, 3.63) is 69.4 Å². The van der Waals surface area contributed by atoms with Gasteiger partial charge in [-0.15, -0.1) is 0 Å². The Labute approximate surface area is 180 Å². The van der Waals surface area contributed by atoms with Crippen molar-refractivity contribution in [2.75, 3.05) is 0 Å².